The Hall–Kier alpha value is -0.860. The summed E-state index contributed by atoms with van der Waals surface area (Å²) in [6, 6.07) is 10.6. The van der Waals surface area contributed by atoms with Crippen molar-refractivity contribution < 1.29 is 9.47 Å². The monoisotopic (exact) mass is 232 g/mol. The predicted octanol–water partition coefficient (Wildman–Crippen LogP) is 3.19. The van der Waals surface area contributed by atoms with Gasteiger partial charge in [0.1, 0.15) is 0 Å². The second-order valence-corrected chi connectivity index (χ2v) is 6.14. The number of ether oxygens (including phenoxy) is 2. The lowest BCUT2D eigenvalue weighted by atomic mass is 9.95. The average Bonchev–Trinajstić information content (AvgIpc) is 2.90. The summed E-state index contributed by atoms with van der Waals surface area (Å²) >= 11 is 0. The van der Waals surface area contributed by atoms with Gasteiger partial charge in [0, 0.05) is 17.3 Å². The average molecular weight is 232 g/mol. The molecule has 2 aliphatic rings. The Morgan fingerprint density at radius 3 is 2.24 bits per heavy atom. The second kappa shape index (κ2) is 3.56. The van der Waals surface area contributed by atoms with Crippen LogP contribution >= 0.6 is 0 Å². The van der Waals surface area contributed by atoms with Gasteiger partial charge in [0.15, 0.2) is 5.79 Å². The molecule has 2 heteroatoms. The summed E-state index contributed by atoms with van der Waals surface area (Å²) in [7, 11) is 0. The molecule has 17 heavy (non-hydrogen) atoms. The van der Waals surface area contributed by atoms with E-state index in [1.165, 1.54) is 5.56 Å². The molecule has 1 heterocycles. The third-order valence-electron chi connectivity index (χ3n) is 3.99. The zero-order chi connectivity index (χ0) is 12.1. The number of hydrogen-bond acceptors (Lipinski definition) is 2. The summed E-state index contributed by atoms with van der Waals surface area (Å²) in [4.78, 5) is 0. The molecule has 0 amide bonds. The van der Waals surface area contributed by atoms with E-state index in [0.29, 0.717) is 11.8 Å². The molecule has 2 fully saturated rings. The van der Waals surface area contributed by atoms with Crippen LogP contribution in [-0.4, -0.2) is 19.0 Å². The number of hydrogen-bond donors (Lipinski definition) is 0. The molecule has 1 aliphatic carbocycles. The zero-order valence-corrected chi connectivity index (χ0v) is 10.8. The molecule has 92 valence electrons. The Balaban J connectivity index is 1.79. The highest BCUT2D eigenvalue weighted by molar-refractivity contribution is 5.32. The van der Waals surface area contributed by atoms with Crippen LogP contribution in [0.25, 0.3) is 0 Å². The summed E-state index contributed by atoms with van der Waals surface area (Å²) in [5.41, 5.74) is 1.48. The van der Waals surface area contributed by atoms with Crippen LogP contribution in [0.3, 0.4) is 0 Å². The Kier molecular flexibility index (Phi) is 2.36. The fourth-order valence-electron chi connectivity index (χ4n) is 2.82. The van der Waals surface area contributed by atoms with Gasteiger partial charge in [0.2, 0.25) is 0 Å². The summed E-state index contributed by atoms with van der Waals surface area (Å²) in [5, 5.41) is 0. The van der Waals surface area contributed by atoms with Crippen molar-refractivity contribution in [3.05, 3.63) is 35.9 Å². The highest BCUT2D eigenvalue weighted by Gasteiger charge is 2.67. The fraction of sp³-hybridized carbons (Fsp3) is 0.600. The van der Waals surface area contributed by atoms with Gasteiger partial charge in [0.25, 0.3) is 0 Å². The lowest BCUT2D eigenvalue weighted by Gasteiger charge is -2.36. The van der Waals surface area contributed by atoms with E-state index in [1.807, 2.05) is 0 Å². The van der Waals surface area contributed by atoms with Crippen molar-refractivity contribution >= 4 is 0 Å². The van der Waals surface area contributed by atoms with Gasteiger partial charge >= 0.3 is 0 Å². The van der Waals surface area contributed by atoms with E-state index in [-0.39, 0.29) is 11.2 Å². The highest BCUT2D eigenvalue weighted by atomic mass is 16.7. The first-order valence-corrected chi connectivity index (χ1v) is 6.38. The van der Waals surface area contributed by atoms with Crippen molar-refractivity contribution in [2.75, 3.05) is 13.2 Å². The van der Waals surface area contributed by atoms with Gasteiger partial charge in [-0.15, -0.1) is 0 Å². The van der Waals surface area contributed by atoms with Gasteiger partial charge in [0.05, 0.1) is 13.2 Å². The lowest BCUT2D eigenvalue weighted by Crippen LogP contribution is -2.40. The van der Waals surface area contributed by atoms with Gasteiger partial charge < -0.3 is 9.47 Å². The molecule has 1 unspecified atom stereocenters. The van der Waals surface area contributed by atoms with Crippen molar-refractivity contribution in [3.8, 4) is 0 Å². The maximum atomic E-state index is 6.05. The molecule has 1 spiro atoms. The van der Waals surface area contributed by atoms with E-state index >= 15 is 0 Å². The van der Waals surface area contributed by atoms with Gasteiger partial charge in [-0.05, 0) is 5.56 Å². The smallest absolute Gasteiger partial charge is 0.178 e. The van der Waals surface area contributed by atoms with Crippen LogP contribution in [0.4, 0.5) is 0 Å². The van der Waals surface area contributed by atoms with Crippen molar-refractivity contribution in [3.63, 3.8) is 0 Å². The molecule has 2 nitrogen and oxygen atoms in total. The normalized spacial score (nSPS) is 33.6. The van der Waals surface area contributed by atoms with Crippen LogP contribution in [0.1, 0.15) is 32.3 Å². The maximum absolute atomic E-state index is 6.05. The number of benzene rings is 1. The predicted molar refractivity (Wildman–Crippen MR) is 66.8 cm³/mol. The molecule has 2 atom stereocenters. The van der Waals surface area contributed by atoms with E-state index in [4.69, 9.17) is 9.47 Å². The molecule has 0 N–H and O–H groups in total. The molecule has 0 radical (unpaired) electrons. The third kappa shape index (κ3) is 1.71. The molecule has 1 saturated carbocycles. The maximum Gasteiger partial charge on any atom is 0.178 e. The van der Waals surface area contributed by atoms with E-state index in [2.05, 4.69) is 51.1 Å². The molecular formula is C15H20O2. The topological polar surface area (TPSA) is 18.5 Å². The zero-order valence-electron chi connectivity index (χ0n) is 10.8. The standard InChI is InChI=1S/C15H20O2/c1-11-13(12-7-5-4-6-8-12)15(11)16-9-14(2,3)10-17-15/h4-8,11,13H,9-10H2,1-3H3/t11?,13-/m1/s1. The van der Waals surface area contributed by atoms with Gasteiger partial charge in [-0.25, -0.2) is 0 Å². The van der Waals surface area contributed by atoms with Gasteiger partial charge in [-0.2, -0.15) is 0 Å². The summed E-state index contributed by atoms with van der Waals surface area (Å²) < 4.78 is 12.1. The minimum absolute atomic E-state index is 0.148. The van der Waals surface area contributed by atoms with E-state index in [1.54, 1.807) is 0 Å². The molecule has 3 rings (SSSR count). The van der Waals surface area contributed by atoms with E-state index < -0.39 is 0 Å². The molecule has 0 aromatic heterocycles. The fourth-order valence-corrected chi connectivity index (χ4v) is 2.82. The molecule has 1 aliphatic heterocycles. The third-order valence-corrected chi connectivity index (χ3v) is 3.99. The van der Waals surface area contributed by atoms with Crippen LogP contribution in [0.5, 0.6) is 0 Å². The Morgan fingerprint density at radius 1 is 1.06 bits per heavy atom. The quantitative estimate of drug-likeness (QED) is 0.740. The molecule has 1 aromatic carbocycles. The molecule has 0 bridgehead atoms. The Labute approximate surface area is 103 Å². The summed E-state index contributed by atoms with van der Waals surface area (Å²) in [5.74, 6) is 0.525. The van der Waals surface area contributed by atoms with Crippen LogP contribution in [0, 0.1) is 11.3 Å². The Bertz CT molecular complexity index is 400. The molecule has 1 saturated heterocycles. The SMILES string of the molecule is CC1[C@H](c2ccccc2)C12OCC(C)(C)CO2. The Morgan fingerprint density at radius 2 is 1.65 bits per heavy atom. The first-order chi connectivity index (χ1) is 8.05. The molecular weight excluding hydrogens is 212 g/mol. The second-order valence-electron chi connectivity index (χ2n) is 6.14. The van der Waals surface area contributed by atoms with E-state index in [9.17, 15) is 0 Å². The van der Waals surface area contributed by atoms with Gasteiger partial charge in [-0.1, -0.05) is 51.1 Å². The summed E-state index contributed by atoms with van der Waals surface area (Å²) in [6.07, 6.45) is 0. The first-order valence-electron chi connectivity index (χ1n) is 6.38. The van der Waals surface area contributed by atoms with E-state index in [0.717, 1.165) is 13.2 Å². The van der Waals surface area contributed by atoms with Crippen molar-refractivity contribution in [1.82, 2.24) is 0 Å². The first kappa shape index (κ1) is 11.2. The largest absolute Gasteiger partial charge is 0.348 e. The lowest BCUT2D eigenvalue weighted by molar-refractivity contribution is -0.251. The van der Waals surface area contributed by atoms with Crippen molar-refractivity contribution in [1.29, 1.82) is 0 Å². The highest BCUT2D eigenvalue weighted by Crippen LogP contribution is 2.62. The van der Waals surface area contributed by atoms with Crippen molar-refractivity contribution in [2.45, 2.75) is 32.5 Å². The minimum Gasteiger partial charge on any atom is -0.348 e. The van der Waals surface area contributed by atoms with Crippen LogP contribution in [0.2, 0.25) is 0 Å². The van der Waals surface area contributed by atoms with Crippen molar-refractivity contribution in [2.24, 2.45) is 11.3 Å². The van der Waals surface area contributed by atoms with Gasteiger partial charge in [-0.3, -0.25) is 0 Å². The number of rotatable bonds is 1. The molecule has 1 aromatic rings. The van der Waals surface area contributed by atoms with Crippen LogP contribution in [0.15, 0.2) is 30.3 Å². The van der Waals surface area contributed by atoms with Crippen LogP contribution in [-0.2, 0) is 9.47 Å². The van der Waals surface area contributed by atoms with Crippen LogP contribution < -0.4 is 0 Å². The summed E-state index contributed by atoms with van der Waals surface area (Å²) in [6.45, 7) is 8.17. The minimum atomic E-state index is -0.336.